The molecule has 0 bridgehead atoms. The molecule has 4 heterocycles. The van der Waals surface area contributed by atoms with Gasteiger partial charge in [-0.25, -0.2) is 13.2 Å². The molecule has 2 saturated carbocycles. The van der Waals surface area contributed by atoms with E-state index in [1.807, 2.05) is 38.1 Å². The zero-order chi connectivity index (χ0) is 38.6. The highest BCUT2D eigenvalue weighted by Crippen LogP contribution is 2.48. The summed E-state index contributed by atoms with van der Waals surface area (Å²) in [5.74, 6) is -1.52. The third-order valence-corrected chi connectivity index (χ3v) is 14.0. The molecule has 3 fully saturated rings. The number of sulfonamides is 1. The highest BCUT2D eigenvalue weighted by molar-refractivity contribution is 7.91. The molecular formula is C38H49N5O10S. The molecular weight excluding hydrogens is 719 g/mol. The maximum Gasteiger partial charge on any atom is 0.405 e. The van der Waals surface area contributed by atoms with Crippen LogP contribution in [0, 0.1) is 17.8 Å². The Bertz CT molecular complexity index is 2000. The van der Waals surface area contributed by atoms with Crippen LogP contribution in [0.5, 0.6) is 17.5 Å². The van der Waals surface area contributed by atoms with Crippen LogP contribution in [0.4, 0.5) is 4.79 Å². The van der Waals surface area contributed by atoms with Crippen molar-refractivity contribution in [3.63, 3.8) is 0 Å². The van der Waals surface area contributed by atoms with Gasteiger partial charge < -0.3 is 34.9 Å². The van der Waals surface area contributed by atoms with E-state index in [0.29, 0.717) is 49.3 Å². The summed E-state index contributed by atoms with van der Waals surface area (Å²) in [6.45, 7) is 5.84. The van der Waals surface area contributed by atoms with E-state index < -0.39 is 74.1 Å². The number of nitrogens with one attached hydrogen (secondary N) is 3. The fourth-order valence-corrected chi connectivity index (χ4v) is 9.49. The number of fused-ring (bicyclic) bond motifs is 5. The number of benzene rings is 1. The number of hydrogen-bond acceptors (Lipinski definition) is 10. The number of methoxy groups -OCH3 is 1. The number of ether oxygens (including phenoxy) is 3. The zero-order valence-corrected chi connectivity index (χ0v) is 31.9. The van der Waals surface area contributed by atoms with Gasteiger partial charge in [0.1, 0.15) is 29.5 Å². The molecule has 2 aromatic rings. The van der Waals surface area contributed by atoms with Crippen LogP contribution in [-0.4, -0.2) is 96.0 Å². The smallest absolute Gasteiger partial charge is 0.405 e. The first kappa shape index (κ1) is 37.7. The summed E-state index contributed by atoms with van der Waals surface area (Å²) in [6.07, 6.45) is 6.16. The highest BCUT2D eigenvalue weighted by atomic mass is 32.2. The van der Waals surface area contributed by atoms with Crippen molar-refractivity contribution in [2.24, 2.45) is 17.8 Å². The monoisotopic (exact) mass is 767 g/mol. The first-order valence-electron chi connectivity index (χ1n) is 18.8. The standard InChI is InChI=1S/C38H49N5O10S/c1-21-8-5-6-9-23-19-38(23,35(46)42-54(49,50)37(3)13-14-37)41-31(44)29-18-25(20-43(29)34(45)30(22(2)16-21)39-36(47)48)53-33-27-12-11-24(51-4)17-28(27)26-10-7-15-52-32(26)40-33/h6,9,11-12,17,21-23,25,29-30,39H,5,7-8,10,13-16,18-20H2,1-4H3,(H,41,44)(H,42,46)(H,47,48)/t21-,22-,23-,25-,29+,30+,38-/m1/s1. The predicted molar refractivity (Wildman–Crippen MR) is 197 cm³/mol. The Morgan fingerprint density at radius 3 is 2.65 bits per heavy atom. The zero-order valence-electron chi connectivity index (χ0n) is 31.1. The maximum absolute atomic E-state index is 14.5. The molecule has 292 valence electrons. The number of carboxylic acid groups (broad SMARTS) is 1. The first-order chi connectivity index (χ1) is 25.6. The summed E-state index contributed by atoms with van der Waals surface area (Å²) in [4.78, 5) is 60.9. The molecule has 15 nitrogen and oxygen atoms in total. The summed E-state index contributed by atoms with van der Waals surface area (Å²) in [5, 5.41) is 16.6. The average molecular weight is 768 g/mol. The van der Waals surface area contributed by atoms with Gasteiger partial charge in [0.25, 0.3) is 5.91 Å². The van der Waals surface area contributed by atoms with Gasteiger partial charge in [-0.2, -0.15) is 4.98 Å². The van der Waals surface area contributed by atoms with E-state index in [1.165, 1.54) is 4.90 Å². The summed E-state index contributed by atoms with van der Waals surface area (Å²) in [7, 11) is -2.43. The van der Waals surface area contributed by atoms with Gasteiger partial charge in [0.05, 0.1) is 25.0 Å². The van der Waals surface area contributed by atoms with E-state index in [1.54, 1.807) is 20.1 Å². The van der Waals surface area contributed by atoms with Gasteiger partial charge >= 0.3 is 6.09 Å². The number of pyridine rings is 1. The van der Waals surface area contributed by atoms with E-state index in [9.17, 15) is 32.7 Å². The number of aryl methyl sites for hydroxylation is 1. The third-order valence-electron chi connectivity index (χ3n) is 11.9. The summed E-state index contributed by atoms with van der Waals surface area (Å²) >= 11 is 0. The minimum atomic E-state index is -4.01. The Labute approximate surface area is 314 Å². The fraction of sp³-hybridized carbons (Fsp3) is 0.605. The van der Waals surface area contributed by atoms with E-state index in [2.05, 4.69) is 15.4 Å². The van der Waals surface area contributed by atoms with Gasteiger partial charge in [-0.3, -0.25) is 19.1 Å². The summed E-state index contributed by atoms with van der Waals surface area (Å²) < 4.78 is 45.5. The van der Waals surface area contributed by atoms with Gasteiger partial charge in [0, 0.05) is 23.3 Å². The number of carbonyl (C=O) groups is 4. The van der Waals surface area contributed by atoms with Gasteiger partial charge in [-0.05, 0) is 93.7 Å². The molecule has 1 aromatic heterocycles. The van der Waals surface area contributed by atoms with Crippen molar-refractivity contribution >= 4 is 44.6 Å². The Kier molecular flexibility index (Phi) is 9.94. The Hall–Kier alpha value is -4.60. The molecule has 7 atom stereocenters. The number of carbonyl (C=O) groups excluding carboxylic acids is 3. The molecule has 1 aromatic carbocycles. The second kappa shape index (κ2) is 14.2. The van der Waals surface area contributed by atoms with E-state index >= 15 is 0 Å². The lowest BCUT2D eigenvalue weighted by Crippen LogP contribution is -2.59. The highest BCUT2D eigenvalue weighted by Gasteiger charge is 2.63. The van der Waals surface area contributed by atoms with Crippen LogP contribution in [-0.2, 0) is 30.8 Å². The number of rotatable bonds is 7. The van der Waals surface area contributed by atoms with Crippen LogP contribution in [0.15, 0.2) is 30.4 Å². The number of aromatic nitrogens is 1. The minimum absolute atomic E-state index is 0.00596. The molecule has 7 rings (SSSR count). The van der Waals surface area contributed by atoms with Crippen LogP contribution in [0.1, 0.15) is 77.7 Å². The van der Waals surface area contributed by atoms with Crippen LogP contribution >= 0.6 is 0 Å². The van der Waals surface area contributed by atoms with E-state index in [0.717, 1.165) is 30.2 Å². The van der Waals surface area contributed by atoms with Crippen LogP contribution < -0.4 is 29.6 Å². The normalized spacial score (nSPS) is 30.6. The van der Waals surface area contributed by atoms with Crippen molar-refractivity contribution in [3.05, 3.63) is 35.9 Å². The van der Waals surface area contributed by atoms with Crippen molar-refractivity contribution in [2.45, 2.75) is 107 Å². The Morgan fingerprint density at radius 1 is 1.15 bits per heavy atom. The number of allylic oxidation sites excluding steroid dienone is 1. The molecule has 16 heteroatoms. The van der Waals surface area contributed by atoms with Crippen LogP contribution in [0.3, 0.4) is 0 Å². The van der Waals surface area contributed by atoms with Crippen molar-refractivity contribution in [1.82, 2.24) is 25.2 Å². The van der Waals surface area contributed by atoms with Crippen LogP contribution in [0.2, 0.25) is 0 Å². The van der Waals surface area contributed by atoms with Crippen molar-refractivity contribution in [2.75, 3.05) is 20.3 Å². The molecule has 0 spiro atoms. The molecule has 4 N–H and O–H groups in total. The molecule has 4 amide bonds. The van der Waals surface area contributed by atoms with Gasteiger partial charge in [-0.15, -0.1) is 0 Å². The topological polar surface area (TPSA) is 203 Å². The lowest BCUT2D eigenvalue weighted by atomic mass is 9.88. The largest absolute Gasteiger partial charge is 0.497 e. The van der Waals surface area contributed by atoms with Crippen molar-refractivity contribution in [3.8, 4) is 17.5 Å². The maximum atomic E-state index is 14.5. The molecule has 0 unspecified atom stereocenters. The summed E-state index contributed by atoms with van der Waals surface area (Å²) in [5.41, 5.74) is -0.624. The number of amides is 4. The van der Waals surface area contributed by atoms with Gasteiger partial charge in [0.15, 0.2) is 0 Å². The summed E-state index contributed by atoms with van der Waals surface area (Å²) in [6, 6.07) is 3.18. The minimum Gasteiger partial charge on any atom is -0.497 e. The SMILES string of the molecule is COc1ccc2c(O[C@@H]3C[C@H]4C(=O)N[C@]5(C(=O)NS(=O)(=O)C6(C)CC6)C[C@H]5C=CCC[C@@H](C)C[C@@H](C)[C@H](NC(=O)O)C(=O)N4C3)nc3c(c2c1)CCCO3. The fourth-order valence-electron chi connectivity index (χ4n) is 8.18. The number of hydrogen-bond donors (Lipinski definition) is 4. The lowest BCUT2D eigenvalue weighted by molar-refractivity contribution is -0.142. The second-order valence-electron chi connectivity index (χ2n) is 16.0. The number of nitrogens with zero attached hydrogens (tertiary/aromatic N) is 2. The molecule has 2 aliphatic carbocycles. The average Bonchev–Trinajstić information content (AvgIpc) is 4.01. The Morgan fingerprint density at radius 2 is 1.93 bits per heavy atom. The second-order valence-corrected chi connectivity index (χ2v) is 18.1. The quantitative estimate of drug-likeness (QED) is 0.301. The third kappa shape index (κ3) is 7.16. The molecule has 0 radical (unpaired) electrons. The molecule has 1 saturated heterocycles. The molecule has 5 aliphatic rings. The van der Waals surface area contributed by atoms with Gasteiger partial charge in [-0.1, -0.05) is 26.0 Å². The van der Waals surface area contributed by atoms with E-state index in [4.69, 9.17) is 19.2 Å². The predicted octanol–water partition coefficient (Wildman–Crippen LogP) is 3.44. The van der Waals surface area contributed by atoms with Gasteiger partial charge in [0.2, 0.25) is 33.6 Å². The van der Waals surface area contributed by atoms with E-state index in [-0.39, 0.29) is 31.2 Å². The van der Waals surface area contributed by atoms with Crippen molar-refractivity contribution < 1.29 is 46.9 Å². The van der Waals surface area contributed by atoms with Crippen molar-refractivity contribution in [1.29, 1.82) is 0 Å². The van der Waals surface area contributed by atoms with Crippen LogP contribution in [0.25, 0.3) is 10.8 Å². The Balaban J connectivity index is 1.24. The molecule has 3 aliphatic heterocycles. The first-order valence-corrected chi connectivity index (χ1v) is 20.3. The lowest BCUT2D eigenvalue weighted by Gasteiger charge is -2.32. The molecule has 54 heavy (non-hydrogen) atoms.